The van der Waals surface area contributed by atoms with E-state index < -0.39 is 24.8 Å². The first-order valence-electron chi connectivity index (χ1n) is 4.80. The molecule has 0 rings (SSSR count). The Bertz CT molecular complexity index is 893. The van der Waals surface area contributed by atoms with Crippen LogP contribution in [-0.2, 0) is 24.8 Å². The molecule has 0 N–H and O–H groups in total. The Kier molecular flexibility index (Phi) is 21.3. The molecule has 0 saturated carbocycles. The van der Waals surface area contributed by atoms with Crippen LogP contribution in [0.4, 0.5) is 0 Å². The molecule has 0 fully saturated rings. The molecule has 0 spiro atoms. The summed E-state index contributed by atoms with van der Waals surface area (Å²) in [4.78, 5) is 0. The summed E-state index contributed by atoms with van der Waals surface area (Å²) < 4.78 is 12.7. The first kappa shape index (κ1) is 45.2. The summed E-state index contributed by atoms with van der Waals surface area (Å²) in [6.07, 6.45) is 0. The van der Waals surface area contributed by atoms with Gasteiger partial charge in [-0.15, -0.1) is 0 Å². The van der Waals surface area contributed by atoms with E-state index in [1.165, 1.54) is 0 Å². The Labute approximate surface area is 339 Å². The van der Waals surface area contributed by atoms with E-state index in [-0.39, 0.29) is 206 Å². The van der Waals surface area contributed by atoms with Gasteiger partial charge in [-0.25, -0.2) is 0 Å². The molecule has 12 nitrogen and oxygen atoms in total. The average Bonchev–Trinajstić information content (AvgIpc) is 2.77. The van der Waals surface area contributed by atoms with Crippen LogP contribution in [-0.4, -0.2) is 0 Å². The molecule has 30 heavy (non-hydrogen) atoms. The van der Waals surface area contributed by atoms with Crippen molar-refractivity contribution in [3.63, 3.8) is 0 Å². The third-order valence-corrected chi connectivity index (χ3v) is 14.0. The van der Waals surface area contributed by atoms with Crippen molar-refractivity contribution in [2.45, 2.75) is 0 Å². The minimum absolute atomic E-state index is 0. The van der Waals surface area contributed by atoms with Crippen LogP contribution in [0.25, 0.3) is 0 Å². The van der Waals surface area contributed by atoms with Crippen LogP contribution in [0.1, 0.15) is 0 Å². The zero-order valence-electron chi connectivity index (χ0n) is 16.1. The van der Waals surface area contributed by atoms with E-state index in [9.17, 15) is 0 Å². The van der Waals surface area contributed by atoms with Crippen molar-refractivity contribution in [3.05, 3.63) is 0 Å². The van der Waals surface area contributed by atoms with Gasteiger partial charge in [-0.2, -0.15) is 0 Å². The maximum Gasteiger partial charge on any atom is 1.00 e. The van der Waals surface area contributed by atoms with E-state index in [4.69, 9.17) is 63.1 Å². The van der Waals surface area contributed by atoms with E-state index >= 15 is 0 Å². The van der Waals surface area contributed by atoms with Gasteiger partial charge in [-0.05, 0) is 0 Å². The van der Waals surface area contributed by atoms with Gasteiger partial charge in [0.1, 0.15) is 0 Å². The van der Waals surface area contributed by atoms with E-state index in [1.807, 2.05) is 0 Å². The van der Waals surface area contributed by atoms with Crippen LogP contribution in [0.5, 0.6) is 0 Å². The van der Waals surface area contributed by atoms with E-state index in [2.05, 4.69) is 0 Å². The summed E-state index contributed by atoms with van der Waals surface area (Å²) in [5, 5.41) is 103. The van der Waals surface area contributed by atoms with Crippen LogP contribution < -0.4 is 206 Å². The molecule has 0 aromatic rings. The van der Waals surface area contributed by atoms with Crippen LogP contribution in [0.2, 0.25) is 0 Å². The Morgan fingerprint density at radius 3 is 0.300 bits per heavy atom. The normalized spacial score (nSPS) is 11.6. The van der Waals surface area contributed by atoms with Crippen LogP contribution >= 0.6 is 0 Å². The number of nitrogens with zero attached hydrogens (tertiary/aromatic N) is 12. The van der Waals surface area contributed by atoms with Crippen molar-refractivity contribution in [2.75, 3.05) is 0 Å². The smallest absolute Gasteiger partial charge is 1.00 e. The third kappa shape index (κ3) is 6.41. The van der Waals surface area contributed by atoms with Crippen molar-refractivity contribution < 1.29 is 230 Å². The minimum atomic E-state index is -6.55. The fourth-order valence-electron chi connectivity index (χ4n) is 0.530. The molecule has 128 valence electrons. The zero-order chi connectivity index (χ0) is 21.3. The molecule has 0 amide bonds. The molecule has 0 aromatic carbocycles. The van der Waals surface area contributed by atoms with Gasteiger partial charge in [0.15, 0.2) is 0 Å². The van der Waals surface area contributed by atoms with Crippen molar-refractivity contribution in [3.8, 4) is 56.0 Å². The largest absolute Gasteiger partial charge is 1.00 e. The molecule has 0 saturated heterocycles. The molecule has 0 heterocycles. The van der Waals surface area contributed by atoms with E-state index in [1.54, 1.807) is 0 Å². The molecule has 0 atom stereocenters. The van der Waals surface area contributed by atoms with E-state index in [0.717, 1.165) is 56.0 Å². The number of rotatable bonds is 0. The fraction of sp³-hybridized carbons (Fsp3) is 0. The number of hydrogen-bond acceptors (Lipinski definition) is 12. The molecule has 0 unspecified atom stereocenters. The predicted octanol–water partition coefficient (Wildman–Crippen LogP) is -11.8. The second-order valence-electron chi connectivity index (χ2n) is 3.60. The quantitative estimate of drug-likeness (QED) is 0.217. The Morgan fingerprint density at radius 2 is 0.300 bits per heavy atom. The molecular weight excluding hydrogens is 671 g/mol. The summed E-state index contributed by atoms with van der Waals surface area (Å²) in [6, 6.07) is 0. The fourth-order valence-corrected chi connectivity index (χ4v) is 3.14. The molecule has 0 radical (unpaired) electrons. The van der Waals surface area contributed by atoms with Gasteiger partial charge < -0.3 is 0 Å². The second kappa shape index (κ2) is 14.2. The molecule has 0 aliphatic carbocycles. The topological polar surface area (TPSA) is 285 Å². The number of hydrogen-bond donors (Lipinski definition) is 0. The maximum atomic E-state index is 8.59. The van der Waals surface area contributed by atoms with E-state index in [0.29, 0.717) is 0 Å². The Balaban J connectivity index is -0.0000000847. The molecule has 0 bridgehead atoms. The first-order valence-corrected chi connectivity index (χ1v) is 15.2. The Hall–Kier alpha value is 1.67. The minimum Gasteiger partial charge on any atom is 1.00 e. The summed E-state index contributed by atoms with van der Waals surface area (Å²) in [7, 11) is 0. The van der Waals surface area contributed by atoms with Gasteiger partial charge >= 0.3 is 349 Å². The monoisotopic (exact) mass is 672 g/mol. The van der Waals surface area contributed by atoms with Gasteiger partial charge in [-0.1, -0.05) is 0 Å². The summed E-state index contributed by atoms with van der Waals surface area (Å²) in [5.74, 6) is 0. The second-order valence-corrected chi connectivity index (χ2v) is 21.3. The van der Waals surface area contributed by atoms with Crippen LogP contribution in [0.15, 0.2) is 0 Å². The molecule has 18 heteroatoms. The van der Waals surface area contributed by atoms with Gasteiger partial charge in [0.05, 0.1) is 0 Å². The predicted molar refractivity (Wildman–Crippen MR) is 67.4 cm³/mol. The maximum absolute atomic E-state index is 8.59. The third-order valence-electron chi connectivity index (χ3n) is 2.37. The molecule has 0 aliphatic heterocycles. The van der Waals surface area contributed by atoms with Gasteiger partial charge in [0, 0.05) is 0 Å². The summed E-state index contributed by atoms with van der Waals surface area (Å²) in [6.45, 7) is 0. The van der Waals surface area contributed by atoms with Crippen molar-refractivity contribution in [2.24, 2.45) is 0 Å². The van der Waals surface area contributed by atoms with Crippen molar-refractivity contribution in [1.82, 2.24) is 0 Å². The van der Waals surface area contributed by atoms with Crippen molar-refractivity contribution >= 4 is 0 Å². The zero-order valence-corrected chi connectivity index (χ0v) is 32.0. The number of nitriles is 12. The SMILES string of the molecule is N#[C][Ru-2]([C]#N)([C]#N)([C]#N)([C]#N)[C]#N.N#[C][Ru-2]([C]#N)([C]#N)([C]#N)([C]#N)[C]#N.[K+].[K+].[K+].[K+]. The van der Waals surface area contributed by atoms with Crippen molar-refractivity contribution in [1.29, 1.82) is 63.1 Å². The molecule has 0 aliphatic rings. The summed E-state index contributed by atoms with van der Waals surface area (Å²) >= 11 is -13.1. The average molecular weight is 671 g/mol. The van der Waals surface area contributed by atoms with Gasteiger partial charge in [-0.3, -0.25) is 0 Å². The standard InChI is InChI=1S/12CN.4K.2Ru/c12*1-2;;;;;;/q;;;;;;;;;;;;4*+1;2*-2. The van der Waals surface area contributed by atoms with Crippen LogP contribution in [0, 0.1) is 119 Å². The summed E-state index contributed by atoms with van der Waals surface area (Å²) in [5.41, 5.74) is 0. The molecule has 0 aromatic heterocycles. The molecular formula is C12K4N12Ru2. The van der Waals surface area contributed by atoms with Gasteiger partial charge in [0.2, 0.25) is 0 Å². The first-order chi connectivity index (χ1) is 11.9. The van der Waals surface area contributed by atoms with Crippen LogP contribution in [0.3, 0.4) is 0 Å². The Morgan fingerprint density at radius 1 is 0.233 bits per heavy atom. The van der Waals surface area contributed by atoms with Gasteiger partial charge in [0.25, 0.3) is 0 Å².